The maximum absolute atomic E-state index is 12.4. The second-order valence-corrected chi connectivity index (χ2v) is 6.49. The molecule has 1 unspecified atom stereocenters. The molecule has 144 valence electrons. The lowest BCUT2D eigenvalue weighted by molar-refractivity contribution is -0.123. The zero-order valence-corrected chi connectivity index (χ0v) is 15.0. The average molecular weight is 376 g/mol. The molecule has 0 aliphatic carbocycles. The third kappa shape index (κ3) is 5.40. The Morgan fingerprint density at radius 1 is 1.26 bits per heavy atom. The van der Waals surface area contributed by atoms with Gasteiger partial charge in [-0.15, -0.1) is 0 Å². The van der Waals surface area contributed by atoms with Crippen LogP contribution in [0.2, 0.25) is 0 Å². The van der Waals surface area contributed by atoms with E-state index < -0.39 is 6.61 Å². The standard InChI is InChI=1S/C20H22F2N2O3/c1-24(12-14-6-8-15(9-7-14)27-20(21)22)13-19(25)23-17-10-11-26-18-5-3-2-4-16(17)18/h2-9,17,20H,10-13H2,1H3,(H,23,25). The van der Waals surface area contributed by atoms with Gasteiger partial charge in [0.2, 0.25) is 5.91 Å². The second kappa shape index (κ2) is 8.81. The fraction of sp³-hybridized carbons (Fsp3) is 0.350. The van der Waals surface area contributed by atoms with Gasteiger partial charge in [0, 0.05) is 18.5 Å². The number of nitrogens with one attached hydrogen (secondary N) is 1. The van der Waals surface area contributed by atoms with Crippen LogP contribution in [0, 0.1) is 0 Å². The number of ether oxygens (including phenoxy) is 2. The van der Waals surface area contributed by atoms with E-state index in [9.17, 15) is 13.6 Å². The van der Waals surface area contributed by atoms with Crippen LogP contribution in [0.5, 0.6) is 11.5 Å². The monoisotopic (exact) mass is 376 g/mol. The Hall–Kier alpha value is -2.67. The van der Waals surface area contributed by atoms with Crippen LogP contribution in [0.3, 0.4) is 0 Å². The van der Waals surface area contributed by atoms with Crippen LogP contribution in [0.1, 0.15) is 23.6 Å². The Morgan fingerprint density at radius 2 is 2.00 bits per heavy atom. The highest BCUT2D eigenvalue weighted by molar-refractivity contribution is 5.78. The predicted octanol–water partition coefficient (Wildman–Crippen LogP) is 3.36. The first kappa shape index (κ1) is 19.1. The number of benzene rings is 2. The number of carbonyl (C=O) groups excluding carboxylic acids is 1. The SMILES string of the molecule is CN(CC(=O)NC1CCOc2ccccc21)Cc1ccc(OC(F)F)cc1. The summed E-state index contributed by atoms with van der Waals surface area (Å²) in [5.41, 5.74) is 1.90. The summed E-state index contributed by atoms with van der Waals surface area (Å²) in [6.07, 6.45) is 0.734. The highest BCUT2D eigenvalue weighted by Gasteiger charge is 2.22. The van der Waals surface area contributed by atoms with Gasteiger partial charge in [0.1, 0.15) is 11.5 Å². The molecule has 0 radical (unpaired) electrons. The molecule has 1 aliphatic rings. The van der Waals surface area contributed by atoms with Crippen molar-refractivity contribution in [2.75, 3.05) is 20.2 Å². The Kier molecular flexibility index (Phi) is 6.24. The molecule has 2 aromatic carbocycles. The van der Waals surface area contributed by atoms with Gasteiger partial charge >= 0.3 is 6.61 Å². The van der Waals surface area contributed by atoms with E-state index in [1.54, 1.807) is 12.1 Å². The molecule has 0 aromatic heterocycles. The van der Waals surface area contributed by atoms with Gasteiger partial charge in [-0.05, 0) is 30.8 Å². The molecule has 0 spiro atoms. The van der Waals surface area contributed by atoms with Crippen molar-refractivity contribution in [1.29, 1.82) is 0 Å². The fourth-order valence-corrected chi connectivity index (χ4v) is 3.12. The number of para-hydroxylation sites is 1. The molecular weight excluding hydrogens is 354 g/mol. The number of halogens is 2. The molecule has 1 aliphatic heterocycles. The van der Waals surface area contributed by atoms with Crippen molar-refractivity contribution < 1.29 is 23.0 Å². The molecule has 1 N–H and O–H groups in total. The number of hydrogen-bond donors (Lipinski definition) is 1. The van der Waals surface area contributed by atoms with Crippen molar-refractivity contribution in [3.8, 4) is 11.5 Å². The minimum absolute atomic E-state index is 0.0540. The summed E-state index contributed by atoms with van der Waals surface area (Å²) in [7, 11) is 1.83. The molecular formula is C20H22F2N2O3. The number of alkyl halides is 2. The number of rotatable bonds is 7. The molecule has 1 amide bonds. The highest BCUT2D eigenvalue weighted by atomic mass is 19.3. The molecule has 2 aromatic rings. The Bertz CT molecular complexity index is 768. The summed E-state index contributed by atoms with van der Waals surface area (Å²) >= 11 is 0. The van der Waals surface area contributed by atoms with Gasteiger partial charge in [-0.2, -0.15) is 8.78 Å². The first-order chi connectivity index (χ1) is 13.0. The van der Waals surface area contributed by atoms with Crippen LogP contribution in [0.25, 0.3) is 0 Å². The number of nitrogens with zero attached hydrogens (tertiary/aromatic N) is 1. The van der Waals surface area contributed by atoms with E-state index in [4.69, 9.17) is 4.74 Å². The van der Waals surface area contributed by atoms with E-state index in [-0.39, 0.29) is 24.2 Å². The fourth-order valence-electron chi connectivity index (χ4n) is 3.12. The summed E-state index contributed by atoms with van der Waals surface area (Å²) in [4.78, 5) is 14.3. The molecule has 0 fully saturated rings. The lowest BCUT2D eigenvalue weighted by atomic mass is 10.0. The van der Waals surface area contributed by atoms with E-state index in [2.05, 4.69) is 10.1 Å². The Morgan fingerprint density at radius 3 is 2.74 bits per heavy atom. The largest absolute Gasteiger partial charge is 0.493 e. The van der Waals surface area contributed by atoms with Gasteiger partial charge < -0.3 is 14.8 Å². The minimum Gasteiger partial charge on any atom is -0.493 e. The lowest BCUT2D eigenvalue weighted by Gasteiger charge is -2.27. The van der Waals surface area contributed by atoms with E-state index in [1.165, 1.54) is 12.1 Å². The van der Waals surface area contributed by atoms with Crippen molar-refractivity contribution >= 4 is 5.91 Å². The average Bonchev–Trinajstić information content (AvgIpc) is 2.63. The van der Waals surface area contributed by atoms with Gasteiger partial charge in [-0.25, -0.2) is 0 Å². The molecule has 0 saturated heterocycles. The van der Waals surface area contributed by atoms with E-state index in [1.807, 2.05) is 36.2 Å². The summed E-state index contributed by atoms with van der Waals surface area (Å²) < 4.78 is 34.3. The number of carbonyl (C=O) groups is 1. The van der Waals surface area contributed by atoms with Crippen molar-refractivity contribution in [2.24, 2.45) is 0 Å². The quantitative estimate of drug-likeness (QED) is 0.805. The molecule has 1 heterocycles. The summed E-state index contributed by atoms with van der Waals surface area (Å²) in [6, 6.07) is 14.1. The number of fused-ring (bicyclic) bond motifs is 1. The van der Waals surface area contributed by atoms with Gasteiger partial charge in [-0.1, -0.05) is 30.3 Å². The zero-order valence-electron chi connectivity index (χ0n) is 15.0. The molecule has 0 bridgehead atoms. The Balaban J connectivity index is 1.51. The van der Waals surface area contributed by atoms with Crippen LogP contribution < -0.4 is 14.8 Å². The highest BCUT2D eigenvalue weighted by Crippen LogP contribution is 2.31. The van der Waals surface area contributed by atoms with E-state index >= 15 is 0 Å². The zero-order chi connectivity index (χ0) is 19.2. The third-order valence-corrected chi connectivity index (χ3v) is 4.31. The van der Waals surface area contributed by atoms with Crippen LogP contribution in [-0.4, -0.2) is 37.6 Å². The van der Waals surface area contributed by atoms with Gasteiger partial charge in [0.25, 0.3) is 0 Å². The third-order valence-electron chi connectivity index (χ3n) is 4.31. The van der Waals surface area contributed by atoms with Gasteiger partial charge in [0.05, 0.1) is 19.2 Å². The maximum atomic E-state index is 12.4. The minimum atomic E-state index is -2.84. The predicted molar refractivity (Wildman–Crippen MR) is 96.8 cm³/mol. The molecule has 5 nitrogen and oxygen atoms in total. The van der Waals surface area contributed by atoms with Crippen molar-refractivity contribution in [1.82, 2.24) is 10.2 Å². The maximum Gasteiger partial charge on any atom is 0.387 e. The van der Waals surface area contributed by atoms with Crippen LogP contribution in [0.4, 0.5) is 8.78 Å². The molecule has 1 atom stereocenters. The normalized spacial score (nSPS) is 16.0. The molecule has 27 heavy (non-hydrogen) atoms. The second-order valence-electron chi connectivity index (χ2n) is 6.49. The number of amides is 1. The molecule has 7 heteroatoms. The lowest BCUT2D eigenvalue weighted by Crippen LogP contribution is -2.38. The van der Waals surface area contributed by atoms with Gasteiger partial charge in [0.15, 0.2) is 0 Å². The first-order valence-corrected chi connectivity index (χ1v) is 8.74. The number of hydrogen-bond acceptors (Lipinski definition) is 4. The first-order valence-electron chi connectivity index (χ1n) is 8.74. The summed E-state index contributed by atoms with van der Waals surface area (Å²) in [5, 5.41) is 3.06. The van der Waals surface area contributed by atoms with E-state index in [0.717, 1.165) is 23.3 Å². The summed E-state index contributed by atoms with van der Waals surface area (Å²) in [5.74, 6) is 0.859. The van der Waals surface area contributed by atoms with Crippen LogP contribution in [0.15, 0.2) is 48.5 Å². The van der Waals surface area contributed by atoms with Crippen LogP contribution >= 0.6 is 0 Å². The van der Waals surface area contributed by atoms with Gasteiger partial charge in [-0.3, -0.25) is 9.69 Å². The van der Waals surface area contributed by atoms with Crippen molar-refractivity contribution in [3.63, 3.8) is 0 Å². The van der Waals surface area contributed by atoms with Crippen molar-refractivity contribution in [3.05, 3.63) is 59.7 Å². The smallest absolute Gasteiger partial charge is 0.387 e. The number of likely N-dealkylation sites (N-methyl/N-ethyl adjacent to an activating group) is 1. The Labute approximate surface area is 156 Å². The summed E-state index contributed by atoms with van der Waals surface area (Å²) in [6.45, 7) is -1.51. The molecule has 0 saturated carbocycles. The van der Waals surface area contributed by atoms with Crippen LogP contribution in [-0.2, 0) is 11.3 Å². The van der Waals surface area contributed by atoms with E-state index in [0.29, 0.717) is 13.2 Å². The topological polar surface area (TPSA) is 50.8 Å². The molecule has 3 rings (SSSR count). The van der Waals surface area contributed by atoms with Crippen molar-refractivity contribution in [2.45, 2.75) is 25.6 Å².